The van der Waals surface area contributed by atoms with E-state index in [0.29, 0.717) is 12.4 Å². The summed E-state index contributed by atoms with van der Waals surface area (Å²) in [5, 5.41) is 3.17. The van der Waals surface area contributed by atoms with Gasteiger partial charge in [0.15, 0.2) is 0 Å². The molecule has 0 amide bonds. The van der Waals surface area contributed by atoms with E-state index in [1.54, 1.807) is 0 Å². The van der Waals surface area contributed by atoms with Gasteiger partial charge in [-0.1, -0.05) is 0 Å². The molecule has 0 heterocycles. The first kappa shape index (κ1) is 10.3. The second-order valence-electron chi connectivity index (χ2n) is 3.47. The average Bonchev–Trinajstić information content (AvgIpc) is 2.67. The van der Waals surface area contributed by atoms with Crippen LogP contribution in [0.3, 0.4) is 0 Å². The third kappa shape index (κ3) is 3.29. The number of nitrogens with one attached hydrogen (secondary N) is 1. The first-order valence-electron chi connectivity index (χ1n) is 3.96. The molecule has 12 heavy (non-hydrogen) atoms. The van der Waals surface area contributed by atoms with Crippen molar-refractivity contribution >= 4 is 21.4 Å². The summed E-state index contributed by atoms with van der Waals surface area (Å²) in [6.07, 6.45) is 3.38. The minimum absolute atomic E-state index is 0.0618. The third-order valence-corrected chi connectivity index (χ3v) is 3.54. The van der Waals surface area contributed by atoms with Gasteiger partial charge in [-0.05, 0) is 12.8 Å². The third-order valence-electron chi connectivity index (χ3n) is 2.08. The molecule has 5 heteroatoms. The van der Waals surface area contributed by atoms with Gasteiger partial charge in [0.25, 0.3) is 0 Å². The zero-order valence-corrected chi connectivity index (χ0v) is 8.71. The molecule has 0 aromatic rings. The quantitative estimate of drug-likeness (QED) is 0.670. The molecule has 0 aromatic heterocycles. The van der Waals surface area contributed by atoms with Gasteiger partial charge >= 0.3 is 0 Å². The topological polar surface area (TPSA) is 46.2 Å². The van der Waals surface area contributed by atoms with Gasteiger partial charge < -0.3 is 5.32 Å². The molecule has 0 unspecified atom stereocenters. The highest BCUT2D eigenvalue weighted by molar-refractivity contribution is 7.90. The Balaban J connectivity index is 2.19. The van der Waals surface area contributed by atoms with Gasteiger partial charge in [0.2, 0.25) is 0 Å². The second kappa shape index (κ2) is 3.52. The largest absolute Gasteiger partial charge is 0.309 e. The zero-order chi connectivity index (χ0) is 9.24. The molecule has 1 aliphatic rings. The van der Waals surface area contributed by atoms with Crippen LogP contribution in [0, 0.1) is 0 Å². The summed E-state index contributed by atoms with van der Waals surface area (Å²) in [6, 6.07) is 0. The fourth-order valence-electron chi connectivity index (χ4n) is 1.01. The second-order valence-corrected chi connectivity index (χ2v) is 6.00. The van der Waals surface area contributed by atoms with Crippen molar-refractivity contribution < 1.29 is 8.42 Å². The predicted molar refractivity (Wildman–Crippen MR) is 50.4 cm³/mol. The van der Waals surface area contributed by atoms with Crippen LogP contribution in [-0.2, 0) is 9.84 Å². The monoisotopic (exact) mass is 211 g/mol. The molecule has 0 bridgehead atoms. The predicted octanol–water partition coefficient (Wildman–Crippen LogP) is 0.392. The van der Waals surface area contributed by atoms with Crippen LogP contribution in [0.25, 0.3) is 0 Å². The molecule has 0 saturated heterocycles. The number of hydrogen-bond donors (Lipinski definition) is 1. The molecule has 1 N–H and O–H groups in total. The molecule has 1 fully saturated rings. The Kier molecular flexibility index (Phi) is 3.01. The van der Waals surface area contributed by atoms with E-state index in [2.05, 4.69) is 5.32 Å². The highest BCUT2D eigenvalue weighted by Gasteiger charge is 2.40. The van der Waals surface area contributed by atoms with E-state index in [0.717, 1.165) is 12.8 Å². The molecule has 1 saturated carbocycles. The number of alkyl halides is 1. The summed E-state index contributed by atoms with van der Waals surface area (Å²) >= 11 is 5.69. The molecule has 1 aliphatic carbocycles. The maximum atomic E-state index is 10.8. The lowest BCUT2D eigenvalue weighted by molar-refractivity contribution is 0.554. The number of hydrogen-bond acceptors (Lipinski definition) is 3. The molecule has 1 rings (SSSR count). The lowest BCUT2D eigenvalue weighted by atomic mass is 10.3. The number of halogens is 1. The Labute approximate surface area is 78.4 Å². The van der Waals surface area contributed by atoms with Crippen molar-refractivity contribution in [2.75, 3.05) is 24.4 Å². The SMILES string of the molecule is CS(=O)(=O)CCNC1(CCl)CC1. The number of rotatable bonds is 5. The lowest BCUT2D eigenvalue weighted by Crippen LogP contribution is -2.36. The molecular formula is C7H14ClNO2S. The van der Waals surface area contributed by atoms with Crippen molar-refractivity contribution in [3.8, 4) is 0 Å². The zero-order valence-electron chi connectivity index (χ0n) is 7.14. The first-order chi connectivity index (χ1) is 5.47. The Morgan fingerprint density at radius 1 is 1.50 bits per heavy atom. The summed E-state index contributed by atoms with van der Waals surface area (Å²) in [5.74, 6) is 0.780. The van der Waals surface area contributed by atoms with E-state index < -0.39 is 9.84 Å². The summed E-state index contributed by atoms with van der Waals surface area (Å²) < 4.78 is 21.5. The Bertz CT molecular complexity index is 246. The van der Waals surface area contributed by atoms with E-state index in [1.807, 2.05) is 0 Å². The minimum Gasteiger partial charge on any atom is -0.309 e. The molecule has 3 nitrogen and oxygen atoms in total. The smallest absolute Gasteiger partial charge is 0.148 e. The van der Waals surface area contributed by atoms with E-state index in [1.165, 1.54) is 6.26 Å². The number of sulfone groups is 1. The highest BCUT2D eigenvalue weighted by atomic mass is 35.5. The van der Waals surface area contributed by atoms with Crippen LogP contribution < -0.4 is 5.32 Å². The van der Waals surface area contributed by atoms with E-state index in [-0.39, 0.29) is 11.3 Å². The fourth-order valence-corrected chi connectivity index (χ4v) is 1.84. The van der Waals surface area contributed by atoms with Gasteiger partial charge in [-0.3, -0.25) is 0 Å². The van der Waals surface area contributed by atoms with Gasteiger partial charge in [-0.2, -0.15) is 0 Å². The van der Waals surface area contributed by atoms with E-state index >= 15 is 0 Å². The highest BCUT2D eigenvalue weighted by Crippen LogP contribution is 2.35. The van der Waals surface area contributed by atoms with Crippen LogP contribution in [0.4, 0.5) is 0 Å². The van der Waals surface area contributed by atoms with Crippen molar-refractivity contribution in [3.05, 3.63) is 0 Å². The molecular weight excluding hydrogens is 198 g/mol. The van der Waals surface area contributed by atoms with Crippen molar-refractivity contribution in [2.45, 2.75) is 18.4 Å². The van der Waals surface area contributed by atoms with Gasteiger partial charge in [-0.25, -0.2) is 8.42 Å². The van der Waals surface area contributed by atoms with Crippen molar-refractivity contribution in [1.29, 1.82) is 0 Å². The van der Waals surface area contributed by atoms with Gasteiger partial charge in [-0.15, -0.1) is 11.6 Å². The molecule has 0 atom stereocenters. The lowest BCUT2D eigenvalue weighted by Gasteiger charge is -2.12. The molecule has 0 aromatic carbocycles. The van der Waals surface area contributed by atoms with Gasteiger partial charge in [0.1, 0.15) is 9.84 Å². The summed E-state index contributed by atoms with van der Waals surface area (Å²) in [6.45, 7) is 0.519. The maximum absolute atomic E-state index is 10.8. The standard InChI is InChI=1S/C7H14ClNO2S/c1-12(10,11)5-4-9-7(6-8)2-3-7/h9H,2-6H2,1H3. The minimum atomic E-state index is -2.83. The van der Waals surface area contributed by atoms with Crippen molar-refractivity contribution in [3.63, 3.8) is 0 Å². The van der Waals surface area contributed by atoms with Crippen molar-refractivity contribution in [1.82, 2.24) is 5.32 Å². The Morgan fingerprint density at radius 2 is 2.08 bits per heavy atom. The van der Waals surface area contributed by atoms with Crippen LogP contribution >= 0.6 is 11.6 Å². The van der Waals surface area contributed by atoms with E-state index in [9.17, 15) is 8.42 Å². The first-order valence-corrected chi connectivity index (χ1v) is 6.56. The summed E-state index contributed by atoms with van der Waals surface area (Å²) in [5.41, 5.74) is 0.0618. The maximum Gasteiger partial charge on any atom is 0.148 e. The molecule has 0 radical (unpaired) electrons. The van der Waals surface area contributed by atoms with Crippen LogP contribution in [0.15, 0.2) is 0 Å². The van der Waals surface area contributed by atoms with Crippen LogP contribution in [0.5, 0.6) is 0 Å². The normalized spacial score (nSPS) is 20.8. The van der Waals surface area contributed by atoms with Crippen LogP contribution in [0.2, 0.25) is 0 Å². The fraction of sp³-hybridized carbons (Fsp3) is 1.00. The van der Waals surface area contributed by atoms with Gasteiger partial charge in [0.05, 0.1) is 5.75 Å². The Hall–Kier alpha value is 0.200. The van der Waals surface area contributed by atoms with Crippen molar-refractivity contribution in [2.24, 2.45) is 0 Å². The summed E-state index contributed by atoms with van der Waals surface area (Å²) in [7, 11) is -2.83. The Morgan fingerprint density at radius 3 is 2.42 bits per heavy atom. The summed E-state index contributed by atoms with van der Waals surface area (Å²) in [4.78, 5) is 0. The van der Waals surface area contributed by atoms with Crippen LogP contribution in [-0.4, -0.2) is 38.4 Å². The molecule has 72 valence electrons. The van der Waals surface area contributed by atoms with E-state index in [4.69, 9.17) is 11.6 Å². The van der Waals surface area contributed by atoms with Crippen LogP contribution in [0.1, 0.15) is 12.8 Å². The average molecular weight is 212 g/mol. The molecule has 0 spiro atoms. The molecule has 0 aliphatic heterocycles. The van der Waals surface area contributed by atoms with Gasteiger partial charge in [0, 0.05) is 24.2 Å².